The van der Waals surface area contributed by atoms with Crippen molar-refractivity contribution < 1.29 is 13.2 Å². The van der Waals surface area contributed by atoms with Gasteiger partial charge in [-0.3, -0.25) is 4.79 Å². The third-order valence-corrected chi connectivity index (χ3v) is 6.40. The van der Waals surface area contributed by atoms with Gasteiger partial charge in [-0.25, -0.2) is 12.7 Å². The number of anilines is 1. The fourth-order valence-corrected chi connectivity index (χ4v) is 4.37. The molecule has 1 N–H and O–H groups in total. The van der Waals surface area contributed by atoms with Gasteiger partial charge in [0.15, 0.2) is 0 Å². The van der Waals surface area contributed by atoms with Gasteiger partial charge in [-0.05, 0) is 43.5 Å². The summed E-state index contributed by atoms with van der Waals surface area (Å²) in [4.78, 5) is 12.2. The number of benzene rings is 1. The van der Waals surface area contributed by atoms with Crippen LogP contribution in [0.5, 0.6) is 0 Å². The van der Waals surface area contributed by atoms with Gasteiger partial charge in [0.2, 0.25) is 15.9 Å². The summed E-state index contributed by atoms with van der Waals surface area (Å²) in [5.41, 5.74) is 0.759. The number of hydrogen-bond acceptors (Lipinski definition) is 3. The first kappa shape index (κ1) is 17.4. The molecule has 22 heavy (non-hydrogen) atoms. The standard InChI is InChI=1S/C15H21BrN2O3S/c1-2-11-22(20,21)18-9-7-12(8-10-18)15(19)17-14-5-3-13(16)4-6-14/h3-6,12H,2,7-11H2,1H3,(H,17,19). The first-order valence-electron chi connectivity index (χ1n) is 7.46. The number of rotatable bonds is 5. The number of amides is 1. The van der Waals surface area contributed by atoms with Crippen molar-refractivity contribution in [2.24, 2.45) is 5.92 Å². The number of piperidine rings is 1. The van der Waals surface area contributed by atoms with Crippen LogP contribution in [0.3, 0.4) is 0 Å². The van der Waals surface area contributed by atoms with Gasteiger partial charge in [-0.15, -0.1) is 0 Å². The highest BCUT2D eigenvalue weighted by atomic mass is 79.9. The van der Waals surface area contributed by atoms with E-state index < -0.39 is 10.0 Å². The predicted octanol–water partition coefficient (Wildman–Crippen LogP) is 2.84. The average Bonchev–Trinajstić information content (AvgIpc) is 2.49. The van der Waals surface area contributed by atoms with Crippen LogP contribution in [0, 0.1) is 5.92 Å². The molecule has 1 amide bonds. The minimum Gasteiger partial charge on any atom is -0.326 e. The smallest absolute Gasteiger partial charge is 0.227 e. The highest BCUT2D eigenvalue weighted by molar-refractivity contribution is 9.10. The van der Waals surface area contributed by atoms with Crippen LogP contribution in [-0.4, -0.2) is 37.5 Å². The van der Waals surface area contributed by atoms with Crippen LogP contribution in [0.4, 0.5) is 5.69 Å². The number of nitrogens with one attached hydrogen (secondary N) is 1. The quantitative estimate of drug-likeness (QED) is 0.842. The fourth-order valence-electron chi connectivity index (χ4n) is 2.56. The van der Waals surface area contributed by atoms with E-state index in [0.717, 1.165) is 10.2 Å². The SMILES string of the molecule is CCCS(=O)(=O)N1CCC(C(=O)Nc2ccc(Br)cc2)CC1. The second-order valence-corrected chi connectivity index (χ2v) is 8.49. The number of sulfonamides is 1. The Balaban J connectivity index is 1.88. The molecule has 0 aromatic heterocycles. The van der Waals surface area contributed by atoms with Crippen molar-refractivity contribution in [3.63, 3.8) is 0 Å². The minimum absolute atomic E-state index is 0.0325. The molecule has 0 aliphatic carbocycles. The van der Waals surface area contributed by atoms with Crippen molar-refractivity contribution in [1.82, 2.24) is 4.31 Å². The lowest BCUT2D eigenvalue weighted by atomic mass is 9.97. The van der Waals surface area contributed by atoms with Gasteiger partial charge in [-0.1, -0.05) is 22.9 Å². The molecular weight excluding hydrogens is 368 g/mol. The lowest BCUT2D eigenvalue weighted by Gasteiger charge is -2.30. The van der Waals surface area contributed by atoms with Gasteiger partial charge >= 0.3 is 0 Å². The molecule has 2 rings (SSSR count). The fraction of sp³-hybridized carbons (Fsp3) is 0.533. The molecule has 0 radical (unpaired) electrons. The summed E-state index contributed by atoms with van der Waals surface area (Å²) < 4.78 is 26.5. The van der Waals surface area contributed by atoms with Crippen LogP contribution < -0.4 is 5.32 Å². The van der Waals surface area contributed by atoms with Crippen molar-refractivity contribution in [2.75, 3.05) is 24.2 Å². The largest absolute Gasteiger partial charge is 0.326 e. The third kappa shape index (κ3) is 4.54. The lowest BCUT2D eigenvalue weighted by Crippen LogP contribution is -2.42. The topological polar surface area (TPSA) is 66.5 Å². The van der Waals surface area contributed by atoms with E-state index in [4.69, 9.17) is 0 Å². The zero-order chi connectivity index (χ0) is 16.2. The zero-order valence-electron chi connectivity index (χ0n) is 12.6. The van der Waals surface area contributed by atoms with Crippen molar-refractivity contribution in [3.05, 3.63) is 28.7 Å². The first-order chi connectivity index (χ1) is 10.4. The molecule has 1 aromatic carbocycles. The molecule has 1 aromatic rings. The zero-order valence-corrected chi connectivity index (χ0v) is 15.0. The Bertz CT molecular complexity index is 608. The van der Waals surface area contributed by atoms with Crippen molar-refractivity contribution in [3.8, 4) is 0 Å². The Morgan fingerprint density at radius 2 is 1.86 bits per heavy atom. The molecule has 0 spiro atoms. The summed E-state index contributed by atoms with van der Waals surface area (Å²) in [6, 6.07) is 7.41. The second kappa shape index (κ2) is 7.57. The highest BCUT2D eigenvalue weighted by Crippen LogP contribution is 2.22. The van der Waals surface area contributed by atoms with Gasteiger partial charge in [0.05, 0.1) is 5.75 Å². The van der Waals surface area contributed by atoms with Crippen molar-refractivity contribution in [2.45, 2.75) is 26.2 Å². The Morgan fingerprint density at radius 1 is 1.27 bits per heavy atom. The Hall–Kier alpha value is -0.920. The van der Waals surface area contributed by atoms with Crippen LogP contribution in [0.1, 0.15) is 26.2 Å². The molecule has 0 bridgehead atoms. The molecule has 1 aliphatic heterocycles. The number of halogens is 1. The average molecular weight is 389 g/mol. The Kier molecular flexibility index (Phi) is 6.00. The summed E-state index contributed by atoms with van der Waals surface area (Å²) in [5.74, 6) is 0.0227. The van der Waals surface area contributed by atoms with E-state index in [0.29, 0.717) is 32.4 Å². The highest BCUT2D eigenvalue weighted by Gasteiger charge is 2.30. The van der Waals surface area contributed by atoms with E-state index in [-0.39, 0.29) is 17.6 Å². The molecule has 7 heteroatoms. The van der Waals surface area contributed by atoms with E-state index >= 15 is 0 Å². The van der Waals surface area contributed by atoms with E-state index in [1.807, 2.05) is 31.2 Å². The van der Waals surface area contributed by atoms with Gasteiger partial charge in [0, 0.05) is 29.2 Å². The summed E-state index contributed by atoms with van der Waals surface area (Å²) in [5, 5.41) is 2.89. The molecule has 1 fully saturated rings. The molecular formula is C15H21BrN2O3S. The third-order valence-electron chi connectivity index (χ3n) is 3.79. The molecule has 122 valence electrons. The first-order valence-corrected chi connectivity index (χ1v) is 9.87. The molecule has 0 unspecified atom stereocenters. The van der Waals surface area contributed by atoms with E-state index in [1.54, 1.807) is 0 Å². The van der Waals surface area contributed by atoms with Crippen molar-refractivity contribution >= 4 is 37.5 Å². The van der Waals surface area contributed by atoms with Gasteiger partial charge in [0.25, 0.3) is 0 Å². The summed E-state index contributed by atoms with van der Waals surface area (Å²) in [6.07, 6.45) is 1.77. The lowest BCUT2D eigenvalue weighted by molar-refractivity contribution is -0.120. The minimum atomic E-state index is -3.15. The van der Waals surface area contributed by atoms with E-state index in [9.17, 15) is 13.2 Å². The number of carbonyl (C=O) groups is 1. The summed E-state index contributed by atoms with van der Waals surface area (Å²) in [7, 11) is -3.15. The van der Waals surface area contributed by atoms with Gasteiger partial charge in [-0.2, -0.15) is 0 Å². The molecule has 5 nitrogen and oxygen atoms in total. The van der Waals surface area contributed by atoms with Crippen LogP contribution in [0.25, 0.3) is 0 Å². The van der Waals surface area contributed by atoms with E-state index in [1.165, 1.54) is 4.31 Å². The summed E-state index contributed by atoms with van der Waals surface area (Å²) >= 11 is 3.35. The van der Waals surface area contributed by atoms with Gasteiger partial charge < -0.3 is 5.32 Å². The Morgan fingerprint density at radius 3 is 2.41 bits per heavy atom. The maximum atomic E-state index is 12.2. The molecule has 1 aliphatic rings. The van der Waals surface area contributed by atoms with Crippen LogP contribution in [0.15, 0.2) is 28.7 Å². The summed E-state index contributed by atoms with van der Waals surface area (Å²) in [6.45, 7) is 2.72. The molecule has 1 saturated heterocycles. The van der Waals surface area contributed by atoms with E-state index in [2.05, 4.69) is 21.2 Å². The van der Waals surface area contributed by atoms with Crippen LogP contribution in [0.2, 0.25) is 0 Å². The monoisotopic (exact) mass is 388 g/mol. The number of nitrogens with zero attached hydrogens (tertiary/aromatic N) is 1. The number of carbonyl (C=O) groups excluding carboxylic acids is 1. The molecule has 1 heterocycles. The van der Waals surface area contributed by atoms with Crippen molar-refractivity contribution in [1.29, 1.82) is 0 Å². The van der Waals surface area contributed by atoms with Crippen LogP contribution >= 0.6 is 15.9 Å². The molecule has 0 saturated carbocycles. The second-order valence-electron chi connectivity index (χ2n) is 5.49. The normalized spacial score (nSPS) is 17.4. The maximum absolute atomic E-state index is 12.2. The van der Waals surface area contributed by atoms with Crippen LogP contribution in [-0.2, 0) is 14.8 Å². The number of hydrogen-bond donors (Lipinski definition) is 1. The Labute approximate surface area is 140 Å². The molecule has 0 atom stereocenters. The van der Waals surface area contributed by atoms with Gasteiger partial charge in [0.1, 0.15) is 0 Å². The maximum Gasteiger partial charge on any atom is 0.227 e. The predicted molar refractivity (Wildman–Crippen MR) is 91.1 cm³/mol.